The Bertz CT molecular complexity index is 2360. The number of amides is 2. The van der Waals surface area contributed by atoms with E-state index >= 15 is 8.78 Å². The molecule has 2 saturated heterocycles. The van der Waals surface area contributed by atoms with Gasteiger partial charge in [-0.15, -0.1) is 0 Å². The number of likely N-dealkylation sites (tertiary alicyclic amines) is 2. The number of hydrogen-bond donors (Lipinski definition) is 3. The van der Waals surface area contributed by atoms with Gasteiger partial charge in [0.15, 0.2) is 0 Å². The monoisotopic (exact) mass is 858 g/mol. The highest BCUT2D eigenvalue weighted by Crippen LogP contribution is 2.33. The number of imidazole rings is 1. The number of ether oxygens (including phenoxy) is 1. The number of nitrogens with zero attached hydrogens (tertiary/aromatic N) is 5. The molecule has 0 aliphatic carbocycles. The zero-order chi connectivity index (χ0) is 44.9. The summed E-state index contributed by atoms with van der Waals surface area (Å²) in [6.45, 7) is 8.49. The number of aldehydes is 1. The van der Waals surface area contributed by atoms with Gasteiger partial charge < -0.3 is 30.0 Å². The average molecular weight is 859 g/mol. The predicted octanol–water partition coefficient (Wildman–Crippen LogP) is 8.34. The highest BCUT2D eigenvalue weighted by molar-refractivity contribution is 5.84. The van der Waals surface area contributed by atoms with Crippen LogP contribution in [0.3, 0.4) is 0 Å². The Kier molecular flexibility index (Phi) is 16.1. The molecule has 0 radical (unpaired) electrons. The van der Waals surface area contributed by atoms with Crippen molar-refractivity contribution < 1.29 is 27.9 Å². The SMILES string of the molecule is C=N/C=C(\NC[C@@H]1CCCN1C(=O)[C@@H](c1ccccc1)N(C)CC)c1ccc(-c2ccc(-c3cnc([C@@H]4CCCN4C)[nH]3)c(F)c2)cc1F.COC(=O)N[C@@H](C=O)c1ccccc1. The molecule has 330 valence electrons. The molecular weight excluding hydrogens is 803 g/mol. The molecule has 63 heavy (non-hydrogen) atoms. The fourth-order valence-corrected chi connectivity index (χ4v) is 8.20. The second-order valence-electron chi connectivity index (χ2n) is 15.7. The summed E-state index contributed by atoms with van der Waals surface area (Å²) in [5.74, 6) is 0.0208. The van der Waals surface area contributed by atoms with Crippen molar-refractivity contribution in [3.05, 3.63) is 144 Å². The summed E-state index contributed by atoms with van der Waals surface area (Å²) in [7, 11) is 5.29. The number of aromatic nitrogens is 2. The Morgan fingerprint density at radius 2 is 1.63 bits per heavy atom. The number of rotatable bonds is 15. The Morgan fingerprint density at radius 1 is 0.968 bits per heavy atom. The van der Waals surface area contributed by atoms with E-state index in [0.29, 0.717) is 53.0 Å². The van der Waals surface area contributed by atoms with E-state index in [4.69, 9.17) is 0 Å². The van der Waals surface area contributed by atoms with Gasteiger partial charge in [0.2, 0.25) is 5.91 Å². The van der Waals surface area contributed by atoms with E-state index in [2.05, 4.69) is 53.9 Å². The topological polar surface area (TPSA) is 135 Å². The van der Waals surface area contributed by atoms with E-state index in [0.717, 1.165) is 55.7 Å². The van der Waals surface area contributed by atoms with Crippen LogP contribution in [0, 0.1) is 11.6 Å². The molecule has 0 bridgehead atoms. The Labute approximate surface area is 368 Å². The molecule has 14 heteroatoms. The summed E-state index contributed by atoms with van der Waals surface area (Å²) in [6, 6.07) is 27.7. The van der Waals surface area contributed by atoms with E-state index < -0.39 is 23.8 Å². The number of H-pyrrole nitrogens is 1. The Morgan fingerprint density at radius 3 is 2.24 bits per heavy atom. The van der Waals surface area contributed by atoms with Gasteiger partial charge in [0.25, 0.3) is 0 Å². The van der Waals surface area contributed by atoms with Gasteiger partial charge >= 0.3 is 6.09 Å². The summed E-state index contributed by atoms with van der Waals surface area (Å²) >= 11 is 0. The van der Waals surface area contributed by atoms with E-state index in [9.17, 15) is 14.4 Å². The van der Waals surface area contributed by atoms with Crippen LogP contribution < -0.4 is 10.6 Å². The summed E-state index contributed by atoms with van der Waals surface area (Å²) in [5, 5.41) is 5.76. The van der Waals surface area contributed by atoms with Gasteiger partial charge in [-0.2, -0.15) is 0 Å². The van der Waals surface area contributed by atoms with Crippen LogP contribution in [-0.2, 0) is 14.3 Å². The number of carbonyl (C=O) groups excluding carboxylic acids is 3. The van der Waals surface area contributed by atoms with Gasteiger partial charge in [0, 0.05) is 36.5 Å². The summed E-state index contributed by atoms with van der Waals surface area (Å²) < 4.78 is 35.6. The standard InChI is InChI=1S/C39H45F2N7O.C10H11NO3/c1-5-46(3)37(26-11-7-6-8-12-26)39(49)48-20-9-13-29(48)23-43-34(24-42-2)30-17-15-27(21-32(30)40)28-16-18-31(33(41)22-28)35-25-44-38(45-35)36-14-10-19-47(36)4;1-14-10(13)11-9(7-12)8-5-3-2-4-6-8/h6-8,11-12,15-18,21-22,24-25,29,36-37,43H,2,5,9-10,13-14,19-20,23H2,1,3-4H3,(H,44,45);2-7,9H,1H3,(H,11,13)/b34-24-;/t29-,36-,37+;9-/m00/s1. The lowest BCUT2D eigenvalue weighted by Crippen LogP contribution is -2.46. The third-order valence-corrected chi connectivity index (χ3v) is 11.7. The van der Waals surface area contributed by atoms with E-state index in [1.54, 1.807) is 54.7 Å². The van der Waals surface area contributed by atoms with Gasteiger partial charge in [-0.3, -0.25) is 19.6 Å². The molecule has 3 heterocycles. The second-order valence-corrected chi connectivity index (χ2v) is 15.7. The summed E-state index contributed by atoms with van der Waals surface area (Å²) in [5.41, 5.74) is 4.63. The number of hydrogen-bond acceptors (Lipinski definition) is 9. The van der Waals surface area contributed by atoms with Crippen molar-refractivity contribution in [1.29, 1.82) is 0 Å². The molecule has 2 fully saturated rings. The molecule has 0 saturated carbocycles. The second kappa shape index (κ2) is 22.0. The first-order valence-corrected chi connectivity index (χ1v) is 21.2. The molecular formula is C49H56F2N8O4. The lowest BCUT2D eigenvalue weighted by atomic mass is 10.00. The van der Waals surface area contributed by atoms with Crippen molar-refractivity contribution >= 4 is 30.7 Å². The highest BCUT2D eigenvalue weighted by Gasteiger charge is 2.35. The minimum Gasteiger partial charge on any atom is -0.453 e. The van der Waals surface area contributed by atoms with Gasteiger partial charge in [-0.05, 0) is 106 Å². The quantitative estimate of drug-likeness (QED) is 0.0707. The number of methoxy groups -OCH3 is 1. The van der Waals surface area contributed by atoms with Gasteiger partial charge in [-0.25, -0.2) is 18.6 Å². The Hall–Kier alpha value is -6.51. The third kappa shape index (κ3) is 11.3. The van der Waals surface area contributed by atoms with Gasteiger partial charge in [-0.1, -0.05) is 79.7 Å². The minimum absolute atomic E-state index is 0.0639. The van der Waals surface area contributed by atoms with E-state index in [1.807, 2.05) is 55.3 Å². The summed E-state index contributed by atoms with van der Waals surface area (Å²) in [6.07, 6.45) is 7.07. The van der Waals surface area contributed by atoms with Gasteiger partial charge in [0.1, 0.15) is 35.8 Å². The van der Waals surface area contributed by atoms with Crippen LogP contribution in [0.1, 0.15) is 73.2 Å². The number of nitrogens with one attached hydrogen (secondary N) is 3. The molecule has 7 rings (SSSR count). The molecule has 0 unspecified atom stereocenters. The number of aliphatic imine (C=N–C) groups is 1. The molecule has 2 aliphatic rings. The molecule has 4 aromatic carbocycles. The predicted molar refractivity (Wildman–Crippen MR) is 243 cm³/mol. The maximum absolute atomic E-state index is 15.7. The molecule has 2 aliphatic heterocycles. The molecule has 4 atom stereocenters. The number of carbonyl (C=O) groups is 3. The van der Waals surface area contributed by atoms with Crippen LogP contribution in [0.4, 0.5) is 13.6 Å². The van der Waals surface area contributed by atoms with Crippen LogP contribution in [0.2, 0.25) is 0 Å². The largest absolute Gasteiger partial charge is 0.453 e. The Balaban J connectivity index is 0.000000402. The van der Waals surface area contributed by atoms with Crippen molar-refractivity contribution in [2.75, 3.05) is 47.4 Å². The van der Waals surface area contributed by atoms with Crippen molar-refractivity contribution in [2.24, 2.45) is 4.99 Å². The van der Waals surface area contributed by atoms with Crippen molar-refractivity contribution in [1.82, 2.24) is 35.3 Å². The number of alkyl carbamates (subject to hydrolysis) is 1. The van der Waals surface area contributed by atoms with Gasteiger partial charge in [0.05, 0.1) is 30.7 Å². The highest BCUT2D eigenvalue weighted by atomic mass is 19.1. The molecule has 1 aromatic heterocycles. The lowest BCUT2D eigenvalue weighted by molar-refractivity contribution is -0.137. The van der Waals surface area contributed by atoms with Crippen LogP contribution in [0.15, 0.2) is 114 Å². The first kappa shape index (κ1) is 46.0. The molecule has 0 spiro atoms. The number of benzene rings is 4. The maximum Gasteiger partial charge on any atom is 0.407 e. The van der Waals surface area contributed by atoms with Crippen LogP contribution in [0.5, 0.6) is 0 Å². The first-order chi connectivity index (χ1) is 30.6. The van der Waals surface area contributed by atoms with E-state index in [1.165, 1.54) is 25.4 Å². The number of likely N-dealkylation sites (N-methyl/N-ethyl adjacent to an activating group) is 1. The molecule has 12 nitrogen and oxygen atoms in total. The smallest absolute Gasteiger partial charge is 0.407 e. The molecule has 3 N–H and O–H groups in total. The lowest BCUT2D eigenvalue weighted by Gasteiger charge is -2.33. The van der Waals surface area contributed by atoms with Crippen LogP contribution in [0.25, 0.3) is 28.1 Å². The van der Waals surface area contributed by atoms with Crippen molar-refractivity contribution in [2.45, 2.75) is 56.8 Å². The molecule has 2 amide bonds. The maximum atomic E-state index is 15.7. The zero-order valence-corrected chi connectivity index (χ0v) is 36.3. The van der Waals surface area contributed by atoms with E-state index in [-0.39, 0.29) is 24.0 Å². The summed E-state index contributed by atoms with van der Waals surface area (Å²) in [4.78, 5) is 53.5. The minimum atomic E-state index is -0.649. The fourth-order valence-electron chi connectivity index (χ4n) is 8.20. The number of halogens is 2. The van der Waals surface area contributed by atoms with Crippen molar-refractivity contribution in [3.8, 4) is 22.4 Å². The zero-order valence-electron chi connectivity index (χ0n) is 36.3. The normalized spacial score (nSPS) is 17.4. The fraction of sp³-hybridized carbons (Fsp3) is 0.327. The average Bonchev–Trinajstić information content (AvgIpc) is 4.09. The van der Waals surface area contributed by atoms with Crippen LogP contribution >= 0.6 is 0 Å². The first-order valence-electron chi connectivity index (χ1n) is 21.2. The number of aromatic amines is 1. The van der Waals surface area contributed by atoms with Crippen LogP contribution in [-0.4, -0.2) is 103 Å². The third-order valence-electron chi connectivity index (χ3n) is 11.7. The molecule has 5 aromatic rings. The van der Waals surface area contributed by atoms with Crippen molar-refractivity contribution in [3.63, 3.8) is 0 Å².